The van der Waals surface area contributed by atoms with Crippen LogP contribution in [0.4, 0.5) is 0 Å². The van der Waals surface area contributed by atoms with E-state index in [1.807, 2.05) is 0 Å². The van der Waals surface area contributed by atoms with Gasteiger partial charge in [0.05, 0.1) is 13.2 Å². The maximum atomic E-state index is 12.9. The molecule has 1 aromatic carbocycles. The molecule has 1 saturated carbocycles. The number of nitrogens with zero attached hydrogens (tertiary/aromatic N) is 1. The second-order valence-electron chi connectivity index (χ2n) is 6.47. The fourth-order valence-electron chi connectivity index (χ4n) is 3.51. The molecule has 1 aliphatic heterocycles. The Morgan fingerprint density at radius 3 is 2.38 bits per heavy atom. The molecule has 24 heavy (non-hydrogen) atoms. The monoisotopic (exact) mass is 333 g/mol. The number of hydrogen-bond acceptors (Lipinski definition) is 4. The average Bonchev–Trinajstić information content (AvgIpc) is 2.85. The van der Waals surface area contributed by atoms with Crippen molar-refractivity contribution in [1.29, 1.82) is 0 Å². The van der Waals surface area contributed by atoms with Crippen LogP contribution in [-0.2, 0) is 4.79 Å². The van der Waals surface area contributed by atoms with Crippen molar-refractivity contribution in [3.63, 3.8) is 0 Å². The second kappa shape index (κ2) is 6.71. The van der Waals surface area contributed by atoms with Gasteiger partial charge in [0.25, 0.3) is 5.91 Å². The van der Waals surface area contributed by atoms with Gasteiger partial charge in [-0.05, 0) is 31.0 Å². The van der Waals surface area contributed by atoms with Gasteiger partial charge < -0.3 is 19.5 Å². The highest BCUT2D eigenvalue weighted by molar-refractivity contribution is 5.98. The Morgan fingerprint density at radius 2 is 1.71 bits per heavy atom. The lowest BCUT2D eigenvalue weighted by Crippen LogP contribution is -2.56. The Hall–Kier alpha value is -2.24. The molecule has 0 aromatic heterocycles. The summed E-state index contributed by atoms with van der Waals surface area (Å²) in [6.07, 6.45) is 4.45. The van der Waals surface area contributed by atoms with Gasteiger partial charge in [-0.2, -0.15) is 0 Å². The summed E-state index contributed by atoms with van der Waals surface area (Å²) in [6, 6.07) is 5.04. The molecule has 1 aromatic rings. The summed E-state index contributed by atoms with van der Waals surface area (Å²) in [7, 11) is 1.59. The first-order valence-corrected chi connectivity index (χ1v) is 8.46. The molecule has 1 fully saturated rings. The number of rotatable bonds is 3. The summed E-state index contributed by atoms with van der Waals surface area (Å²) >= 11 is 0. The molecule has 2 aliphatic rings. The molecule has 0 unspecified atom stereocenters. The zero-order chi connectivity index (χ0) is 17.2. The van der Waals surface area contributed by atoms with Crippen LogP contribution >= 0.6 is 0 Å². The van der Waals surface area contributed by atoms with Gasteiger partial charge in [0.2, 0.25) is 0 Å². The lowest BCUT2D eigenvalue weighted by atomic mass is 9.80. The number of carbonyl (C=O) groups is 2. The van der Waals surface area contributed by atoms with E-state index in [4.69, 9.17) is 9.47 Å². The second-order valence-corrected chi connectivity index (χ2v) is 6.47. The van der Waals surface area contributed by atoms with Crippen LogP contribution in [0, 0.1) is 0 Å². The van der Waals surface area contributed by atoms with E-state index in [0.29, 0.717) is 43.1 Å². The highest BCUT2D eigenvalue weighted by Gasteiger charge is 2.45. The predicted molar refractivity (Wildman–Crippen MR) is 87.6 cm³/mol. The van der Waals surface area contributed by atoms with E-state index in [2.05, 4.69) is 0 Å². The molecule has 1 heterocycles. The van der Waals surface area contributed by atoms with Crippen molar-refractivity contribution in [1.82, 2.24) is 4.90 Å². The molecule has 3 rings (SSSR count). The van der Waals surface area contributed by atoms with E-state index >= 15 is 0 Å². The quantitative estimate of drug-likeness (QED) is 0.920. The summed E-state index contributed by atoms with van der Waals surface area (Å²) in [4.78, 5) is 26.2. The topological polar surface area (TPSA) is 76.1 Å². The number of aliphatic carboxylic acids is 1. The Kier molecular flexibility index (Phi) is 4.64. The maximum absolute atomic E-state index is 12.9. The summed E-state index contributed by atoms with van der Waals surface area (Å²) in [5, 5.41) is 9.75. The highest BCUT2D eigenvalue weighted by Crippen LogP contribution is 2.36. The first-order chi connectivity index (χ1) is 11.5. The average molecular weight is 333 g/mol. The van der Waals surface area contributed by atoms with Crippen LogP contribution < -0.4 is 9.47 Å². The molecular weight excluding hydrogens is 310 g/mol. The SMILES string of the molecule is CN(C(=O)c1ccc2c(c1)OCCCO2)C1(C(=O)O)CCCCC1. The minimum absolute atomic E-state index is 0.296. The zero-order valence-corrected chi connectivity index (χ0v) is 13.9. The van der Waals surface area contributed by atoms with Crippen molar-refractivity contribution in [2.45, 2.75) is 44.1 Å². The third kappa shape index (κ3) is 2.92. The minimum Gasteiger partial charge on any atom is -0.490 e. The van der Waals surface area contributed by atoms with E-state index in [0.717, 1.165) is 25.7 Å². The molecule has 1 N–H and O–H groups in total. The Bertz CT molecular complexity index is 636. The predicted octanol–water partition coefficient (Wildman–Crippen LogP) is 2.71. The fraction of sp³-hybridized carbons (Fsp3) is 0.556. The van der Waals surface area contributed by atoms with Gasteiger partial charge in [0.1, 0.15) is 5.54 Å². The lowest BCUT2D eigenvalue weighted by molar-refractivity contribution is -0.151. The molecule has 0 spiro atoms. The van der Waals surface area contributed by atoms with E-state index in [1.165, 1.54) is 4.90 Å². The van der Waals surface area contributed by atoms with Crippen LogP contribution in [0.15, 0.2) is 18.2 Å². The molecule has 0 radical (unpaired) electrons. The van der Waals surface area contributed by atoms with Gasteiger partial charge in [-0.1, -0.05) is 19.3 Å². The number of hydrogen-bond donors (Lipinski definition) is 1. The third-order valence-electron chi connectivity index (χ3n) is 5.02. The van der Waals surface area contributed by atoms with Crippen molar-refractivity contribution < 1.29 is 24.2 Å². The number of carbonyl (C=O) groups excluding carboxylic acids is 1. The van der Waals surface area contributed by atoms with Gasteiger partial charge in [-0.15, -0.1) is 0 Å². The number of likely N-dealkylation sites (N-methyl/N-ethyl adjacent to an activating group) is 1. The molecular formula is C18H23NO5. The Balaban J connectivity index is 1.87. The zero-order valence-electron chi connectivity index (χ0n) is 13.9. The minimum atomic E-state index is -1.11. The molecule has 130 valence electrons. The number of benzene rings is 1. The molecule has 6 heteroatoms. The largest absolute Gasteiger partial charge is 0.490 e. The molecule has 0 saturated heterocycles. The third-order valence-corrected chi connectivity index (χ3v) is 5.02. The standard InChI is InChI=1S/C18H23NO5/c1-19(18(17(21)22)8-3-2-4-9-18)16(20)13-6-7-14-15(12-13)24-11-5-10-23-14/h6-7,12H,2-5,8-11H2,1H3,(H,21,22). The van der Waals surface area contributed by atoms with Crippen LogP contribution in [0.1, 0.15) is 48.9 Å². The summed E-state index contributed by atoms with van der Waals surface area (Å²) in [6.45, 7) is 1.13. The van der Waals surface area contributed by atoms with Gasteiger partial charge in [-0.25, -0.2) is 4.79 Å². The van der Waals surface area contributed by atoms with Crippen molar-refractivity contribution in [3.05, 3.63) is 23.8 Å². The highest BCUT2D eigenvalue weighted by atomic mass is 16.5. The summed E-state index contributed by atoms with van der Waals surface area (Å²) < 4.78 is 11.2. The molecule has 1 amide bonds. The first-order valence-electron chi connectivity index (χ1n) is 8.46. The number of fused-ring (bicyclic) bond motifs is 1. The van der Waals surface area contributed by atoms with Crippen LogP contribution in [0.2, 0.25) is 0 Å². The maximum Gasteiger partial charge on any atom is 0.329 e. The van der Waals surface area contributed by atoms with E-state index in [1.54, 1.807) is 25.2 Å². The van der Waals surface area contributed by atoms with E-state index < -0.39 is 11.5 Å². The fourth-order valence-corrected chi connectivity index (χ4v) is 3.51. The number of ether oxygens (including phenoxy) is 2. The lowest BCUT2D eigenvalue weighted by Gasteiger charge is -2.41. The Labute approximate surface area is 141 Å². The van der Waals surface area contributed by atoms with Crippen molar-refractivity contribution >= 4 is 11.9 Å². The van der Waals surface area contributed by atoms with Crippen LogP contribution in [-0.4, -0.2) is 47.7 Å². The molecule has 1 aliphatic carbocycles. The molecule has 6 nitrogen and oxygen atoms in total. The van der Waals surface area contributed by atoms with Crippen molar-refractivity contribution in [2.75, 3.05) is 20.3 Å². The smallest absolute Gasteiger partial charge is 0.329 e. The number of amides is 1. The molecule has 0 bridgehead atoms. The van der Waals surface area contributed by atoms with Crippen LogP contribution in [0.5, 0.6) is 11.5 Å². The van der Waals surface area contributed by atoms with Gasteiger partial charge in [0, 0.05) is 19.0 Å². The van der Waals surface area contributed by atoms with E-state index in [9.17, 15) is 14.7 Å². The summed E-state index contributed by atoms with van der Waals surface area (Å²) in [5.74, 6) is -0.0561. The van der Waals surface area contributed by atoms with E-state index in [-0.39, 0.29) is 5.91 Å². The number of carboxylic acid groups (broad SMARTS) is 1. The number of carboxylic acids is 1. The summed E-state index contributed by atoms with van der Waals surface area (Å²) in [5.41, 5.74) is -0.688. The normalized spacial score (nSPS) is 19.2. The Morgan fingerprint density at radius 1 is 1.04 bits per heavy atom. The van der Waals surface area contributed by atoms with Crippen molar-refractivity contribution in [2.24, 2.45) is 0 Å². The van der Waals surface area contributed by atoms with Gasteiger partial charge in [-0.3, -0.25) is 4.79 Å². The van der Waals surface area contributed by atoms with Crippen LogP contribution in [0.25, 0.3) is 0 Å². The van der Waals surface area contributed by atoms with Crippen molar-refractivity contribution in [3.8, 4) is 11.5 Å². The first kappa shape index (κ1) is 16.6. The molecule has 0 atom stereocenters. The van der Waals surface area contributed by atoms with Gasteiger partial charge >= 0.3 is 5.97 Å². The van der Waals surface area contributed by atoms with Crippen LogP contribution in [0.3, 0.4) is 0 Å². The van der Waals surface area contributed by atoms with Gasteiger partial charge in [0.15, 0.2) is 11.5 Å².